The number of methoxy groups -OCH3 is 2. The Kier molecular flexibility index (Phi) is 3.37. The van der Waals surface area contributed by atoms with E-state index in [0.717, 1.165) is 12.1 Å². The lowest BCUT2D eigenvalue weighted by atomic mass is 10.3. The second kappa shape index (κ2) is 3.93. The number of nitrogens with zero attached hydrogens (tertiary/aromatic N) is 2. The first-order valence-corrected chi connectivity index (χ1v) is 4.40. The monoisotopic (exact) mass is 228 g/mol. The molecule has 12 heavy (non-hydrogen) atoms. The molecule has 0 fully saturated rings. The molecule has 1 aliphatic rings. The van der Waals surface area contributed by atoms with Gasteiger partial charge in [0.2, 0.25) is 0 Å². The van der Waals surface area contributed by atoms with Crippen LogP contribution in [-0.4, -0.2) is 30.3 Å². The Bertz CT molecular complexity index is 220. The summed E-state index contributed by atoms with van der Waals surface area (Å²) in [6.45, 7) is 0. The fourth-order valence-corrected chi connectivity index (χ4v) is 1.86. The van der Waals surface area contributed by atoms with Gasteiger partial charge in [-0.25, -0.2) is 0 Å². The van der Waals surface area contributed by atoms with Crippen LogP contribution in [0.15, 0.2) is 8.80 Å². The minimum absolute atomic E-state index is 0.123. The molecule has 0 atom stereocenters. The zero-order valence-corrected chi connectivity index (χ0v) is 8.70. The molecule has 68 valence electrons. The van der Waals surface area contributed by atoms with Crippen molar-refractivity contribution in [3.05, 3.63) is 0 Å². The third kappa shape index (κ3) is 1.47. The molecule has 0 spiro atoms. The average Bonchev–Trinajstić information content (AvgIpc) is 2.06. The van der Waals surface area contributed by atoms with Crippen LogP contribution in [0.5, 0.6) is 0 Å². The first-order chi connectivity index (χ1) is 5.67. The molecule has 1 aliphatic heterocycles. The second-order valence-electron chi connectivity index (χ2n) is 1.87. The van der Waals surface area contributed by atoms with Crippen LogP contribution in [0.3, 0.4) is 0 Å². The normalized spacial score (nSPS) is 21.7. The van der Waals surface area contributed by atoms with Crippen molar-refractivity contribution < 1.29 is 9.47 Å². The Morgan fingerprint density at radius 1 is 1.17 bits per heavy atom. The first kappa shape index (κ1) is 10.3. The number of rotatable bonds is 2. The summed E-state index contributed by atoms with van der Waals surface area (Å²) in [5.74, 6) is -1.31. The van der Waals surface area contributed by atoms with Gasteiger partial charge in [0.15, 0.2) is 10.3 Å². The summed E-state index contributed by atoms with van der Waals surface area (Å²) in [6.07, 6.45) is 0. The van der Waals surface area contributed by atoms with E-state index in [4.69, 9.17) is 32.7 Å². The molecule has 0 aromatic heterocycles. The first-order valence-electron chi connectivity index (χ1n) is 2.92. The smallest absolute Gasteiger partial charge is 0.280 e. The SMILES string of the molecule is COC1(OC)C(Cl)=NSN=C1Cl. The van der Waals surface area contributed by atoms with Gasteiger partial charge < -0.3 is 9.47 Å². The summed E-state index contributed by atoms with van der Waals surface area (Å²) in [6, 6.07) is 0. The van der Waals surface area contributed by atoms with Crippen LogP contribution >= 0.6 is 35.3 Å². The highest BCUT2D eigenvalue weighted by Crippen LogP contribution is 2.29. The van der Waals surface area contributed by atoms with E-state index in [1.165, 1.54) is 14.2 Å². The van der Waals surface area contributed by atoms with E-state index in [0.29, 0.717) is 0 Å². The third-order valence-corrected chi connectivity index (χ3v) is 2.76. The van der Waals surface area contributed by atoms with Crippen molar-refractivity contribution in [1.82, 2.24) is 0 Å². The van der Waals surface area contributed by atoms with Gasteiger partial charge in [-0.3, -0.25) is 0 Å². The predicted octanol–water partition coefficient (Wildman–Crippen LogP) is 1.83. The van der Waals surface area contributed by atoms with Crippen molar-refractivity contribution in [3.63, 3.8) is 0 Å². The highest BCUT2D eigenvalue weighted by Gasteiger charge is 2.43. The summed E-state index contributed by atoms with van der Waals surface area (Å²) in [5, 5.41) is 0.245. The van der Waals surface area contributed by atoms with Gasteiger partial charge in [-0.15, -0.1) is 0 Å². The van der Waals surface area contributed by atoms with Crippen LogP contribution in [0.25, 0.3) is 0 Å². The van der Waals surface area contributed by atoms with Gasteiger partial charge in [-0.2, -0.15) is 8.80 Å². The number of hydrogen-bond acceptors (Lipinski definition) is 5. The number of halogens is 2. The Hall–Kier alpha value is 0.190. The van der Waals surface area contributed by atoms with Crippen molar-refractivity contribution in [1.29, 1.82) is 0 Å². The molecule has 1 rings (SSSR count). The molecule has 0 aliphatic carbocycles. The van der Waals surface area contributed by atoms with Crippen molar-refractivity contribution in [2.45, 2.75) is 5.79 Å². The quantitative estimate of drug-likeness (QED) is 0.535. The van der Waals surface area contributed by atoms with Gasteiger partial charge in [0.25, 0.3) is 5.79 Å². The van der Waals surface area contributed by atoms with Gasteiger partial charge in [0, 0.05) is 14.2 Å². The van der Waals surface area contributed by atoms with E-state index in [2.05, 4.69) is 8.80 Å². The molecule has 0 aromatic rings. The largest absolute Gasteiger partial charge is 0.342 e. The predicted molar refractivity (Wildman–Crippen MR) is 50.9 cm³/mol. The number of hydrogen-bond donors (Lipinski definition) is 0. The minimum Gasteiger partial charge on any atom is -0.342 e. The van der Waals surface area contributed by atoms with Gasteiger partial charge in [0.05, 0.1) is 0 Å². The van der Waals surface area contributed by atoms with Crippen LogP contribution < -0.4 is 0 Å². The molecule has 0 N–H and O–H groups in total. The molecule has 7 heteroatoms. The Morgan fingerprint density at radius 3 is 1.83 bits per heavy atom. The fraction of sp³-hybridized carbons (Fsp3) is 0.600. The molecular formula is C5H6Cl2N2O2S. The van der Waals surface area contributed by atoms with E-state index in [-0.39, 0.29) is 10.3 Å². The molecule has 0 radical (unpaired) electrons. The molecule has 0 saturated heterocycles. The van der Waals surface area contributed by atoms with Crippen LogP contribution in [0, 0.1) is 0 Å². The fourth-order valence-electron chi connectivity index (χ4n) is 0.718. The molecule has 0 unspecified atom stereocenters. The second-order valence-corrected chi connectivity index (χ2v) is 3.12. The van der Waals surface area contributed by atoms with E-state index in [9.17, 15) is 0 Å². The van der Waals surface area contributed by atoms with Gasteiger partial charge >= 0.3 is 0 Å². The van der Waals surface area contributed by atoms with Gasteiger partial charge in [-0.05, 0) is 0 Å². The maximum absolute atomic E-state index is 5.75. The van der Waals surface area contributed by atoms with Gasteiger partial charge in [-0.1, -0.05) is 23.2 Å². The van der Waals surface area contributed by atoms with Crippen LogP contribution in [0.1, 0.15) is 0 Å². The van der Waals surface area contributed by atoms with Crippen LogP contribution in [0.4, 0.5) is 0 Å². The molecular weight excluding hydrogens is 223 g/mol. The van der Waals surface area contributed by atoms with Crippen molar-refractivity contribution in [2.24, 2.45) is 8.80 Å². The number of ether oxygens (including phenoxy) is 2. The average molecular weight is 229 g/mol. The maximum Gasteiger partial charge on any atom is 0.280 e. The van der Waals surface area contributed by atoms with E-state index < -0.39 is 5.79 Å². The highest BCUT2D eigenvalue weighted by atomic mass is 35.5. The van der Waals surface area contributed by atoms with Gasteiger partial charge in [0.1, 0.15) is 12.1 Å². The molecule has 0 amide bonds. The van der Waals surface area contributed by atoms with Crippen molar-refractivity contribution in [3.8, 4) is 0 Å². The maximum atomic E-state index is 5.75. The topological polar surface area (TPSA) is 43.2 Å². The Balaban J connectivity index is 3.02. The molecule has 0 bridgehead atoms. The molecule has 1 heterocycles. The van der Waals surface area contributed by atoms with E-state index in [1.807, 2.05) is 0 Å². The summed E-state index contributed by atoms with van der Waals surface area (Å²) in [4.78, 5) is 0. The standard InChI is InChI=1S/C5H6Cl2N2O2S/c1-10-5(11-2)3(6)8-12-9-4(5)7/h1-2H3. The third-order valence-electron chi connectivity index (χ3n) is 1.36. The molecule has 0 saturated carbocycles. The zero-order valence-electron chi connectivity index (χ0n) is 6.38. The lowest BCUT2D eigenvalue weighted by Gasteiger charge is -2.28. The summed E-state index contributed by atoms with van der Waals surface area (Å²) >= 11 is 12.4. The van der Waals surface area contributed by atoms with Crippen molar-refractivity contribution in [2.75, 3.05) is 14.2 Å². The Morgan fingerprint density at radius 2 is 1.58 bits per heavy atom. The minimum atomic E-state index is -1.31. The highest BCUT2D eigenvalue weighted by molar-refractivity contribution is 7.97. The van der Waals surface area contributed by atoms with E-state index >= 15 is 0 Å². The molecule has 4 nitrogen and oxygen atoms in total. The van der Waals surface area contributed by atoms with Crippen LogP contribution in [0.2, 0.25) is 0 Å². The lowest BCUT2D eigenvalue weighted by molar-refractivity contribution is -0.0967. The Labute approximate surface area is 84.2 Å². The summed E-state index contributed by atoms with van der Waals surface area (Å²) in [5.41, 5.74) is 0. The van der Waals surface area contributed by atoms with E-state index in [1.54, 1.807) is 0 Å². The van der Waals surface area contributed by atoms with Crippen LogP contribution in [-0.2, 0) is 9.47 Å². The lowest BCUT2D eigenvalue weighted by Crippen LogP contribution is -2.46. The summed E-state index contributed by atoms with van der Waals surface area (Å²) in [7, 11) is 2.82. The molecule has 0 aromatic carbocycles. The summed E-state index contributed by atoms with van der Waals surface area (Å²) < 4.78 is 17.5. The van der Waals surface area contributed by atoms with Crippen molar-refractivity contribution >= 4 is 45.7 Å². The zero-order chi connectivity index (χ0) is 9.19.